The number of aromatic nitrogens is 1. The summed E-state index contributed by atoms with van der Waals surface area (Å²) in [4.78, 5) is 16.2. The van der Waals surface area contributed by atoms with Crippen LogP contribution in [0.25, 0.3) is 0 Å². The van der Waals surface area contributed by atoms with E-state index < -0.39 is 0 Å². The van der Waals surface area contributed by atoms with Crippen molar-refractivity contribution >= 4 is 33.0 Å². The molecule has 0 aliphatic rings. The van der Waals surface area contributed by atoms with Gasteiger partial charge in [-0.2, -0.15) is 11.3 Å². The molecule has 0 N–H and O–H groups in total. The van der Waals surface area contributed by atoms with Crippen LogP contribution in [0, 0.1) is 6.92 Å². The smallest absolute Gasteiger partial charge is 0.213 e. The zero-order valence-corrected chi connectivity index (χ0v) is 10.4. The maximum Gasteiger partial charge on any atom is 0.213 e. The van der Waals surface area contributed by atoms with Crippen LogP contribution in [0.3, 0.4) is 0 Å². The Labute approximate surface area is 100 Å². The lowest BCUT2D eigenvalue weighted by atomic mass is 10.1. The lowest BCUT2D eigenvalue weighted by Crippen LogP contribution is -2.05. The molecular weight excluding hydrogens is 274 g/mol. The molecule has 2 heterocycles. The molecule has 2 nitrogen and oxygen atoms in total. The van der Waals surface area contributed by atoms with E-state index in [9.17, 15) is 4.79 Å². The van der Waals surface area contributed by atoms with Crippen molar-refractivity contribution in [2.75, 3.05) is 0 Å². The maximum atomic E-state index is 12.1. The third-order valence-corrected chi connectivity index (χ3v) is 3.79. The first kappa shape index (κ1) is 10.5. The van der Waals surface area contributed by atoms with Crippen molar-refractivity contribution in [3.05, 3.63) is 50.4 Å². The van der Waals surface area contributed by atoms with E-state index in [4.69, 9.17) is 0 Å². The summed E-state index contributed by atoms with van der Waals surface area (Å²) in [5, 5.41) is 3.73. The van der Waals surface area contributed by atoms with Gasteiger partial charge >= 0.3 is 0 Å². The van der Waals surface area contributed by atoms with Crippen LogP contribution in [0.2, 0.25) is 0 Å². The number of ketones is 1. The van der Waals surface area contributed by atoms with Crippen LogP contribution in [0.5, 0.6) is 0 Å². The van der Waals surface area contributed by atoms with Crippen molar-refractivity contribution in [2.45, 2.75) is 6.92 Å². The Balaban J connectivity index is 2.46. The molecular formula is C11H8BrNOS. The standard InChI is InChI=1S/C11H8BrNOS/c1-7-3-2-4-13-10(7)11(14)8-5-15-6-9(8)12/h2-6H,1H3. The topological polar surface area (TPSA) is 30.0 Å². The van der Waals surface area contributed by atoms with Gasteiger partial charge in [-0.15, -0.1) is 0 Å². The molecule has 0 saturated heterocycles. The van der Waals surface area contributed by atoms with Crippen molar-refractivity contribution in [3.63, 3.8) is 0 Å². The highest BCUT2D eigenvalue weighted by molar-refractivity contribution is 9.10. The number of carbonyl (C=O) groups is 1. The second kappa shape index (κ2) is 4.24. The molecule has 0 saturated carbocycles. The first-order chi connectivity index (χ1) is 7.20. The minimum Gasteiger partial charge on any atom is -0.287 e. The number of pyridine rings is 1. The van der Waals surface area contributed by atoms with Crippen LogP contribution in [-0.2, 0) is 0 Å². The van der Waals surface area contributed by atoms with Gasteiger partial charge in [0.1, 0.15) is 5.69 Å². The molecule has 0 bridgehead atoms. The van der Waals surface area contributed by atoms with Gasteiger partial charge in [0.05, 0.1) is 0 Å². The summed E-state index contributed by atoms with van der Waals surface area (Å²) in [5.41, 5.74) is 2.11. The summed E-state index contributed by atoms with van der Waals surface area (Å²) >= 11 is 4.85. The van der Waals surface area contributed by atoms with Gasteiger partial charge in [-0.05, 0) is 34.5 Å². The summed E-state index contributed by atoms with van der Waals surface area (Å²) in [6.07, 6.45) is 1.64. The summed E-state index contributed by atoms with van der Waals surface area (Å²) in [5.74, 6) is -0.0266. The van der Waals surface area contributed by atoms with Gasteiger partial charge in [-0.3, -0.25) is 9.78 Å². The summed E-state index contributed by atoms with van der Waals surface area (Å²) in [7, 11) is 0. The molecule has 2 rings (SSSR count). The molecule has 0 fully saturated rings. The van der Waals surface area contributed by atoms with Crippen LogP contribution in [0.1, 0.15) is 21.6 Å². The molecule has 0 aliphatic carbocycles. The average molecular weight is 282 g/mol. The van der Waals surface area contributed by atoms with Crippen molar-refractivity contribution in [1.82, 2.24) is 4.98 Å². The van der Waals surface area contributed by atoms with Gasteiger partial charge in [-0.25, -0.2) is 0 Å². The number of nitrogens with zero attached hydrogens (tertiary/aromatic N) is 1. The first-order valence-corrected chi connectivity index (χ1v) is 6.11. The number of carbonyl (C=O) groups excluding carboxylic acids is 1. The zero-order chi connectivity index (χ0) is 10.8. The van der Waals surface area contributed by atoms with Gasteiger partial charge in [0.25, 0.3) is 0 Å². The van der Waals surface area contributed by atoms with E-state index >= 15 is 0 Å². The molecule has 76 valence electrons. The van der Waals surface area contributed by atoms with Crippen molar-refractivity contribution in [3.8, 4) is 0 Å². The predicted molar refractivity (Wildman–Crippen MR) is 64.4 cm³/mol. The minimum atomic E-state index is -0.0266. The Morgan fingerprint density at radius 3 is 2.87 bits per heavy atom. The average Bonchev–Trinajstić information content (AvgIpc) is 2.64. The van der Waals surface area contributed by atoms with Crippen LogP contribution >= 0.6 is 27.3 Å². The molecule has 0 atom stereocenters. The zero-order valence-electron chi connectivity index (χ0n) is 8.03. The fraction of sp³-hybridized carbons (Fsp3) is 0.0909. The van der Waals surface area contributed by atoms with Crippen molar-refractivity contribution in [2.24, 2.45) is 0 Å². The lowest BCUT2D eigenvalue weighted by Gasteiger charge is -2.01. The van der Waals surface area contributed by atoms with E-state index in [0.29, 0.717) is 11.3 Å². The van der Waals surface area contributed by atoms with E-state index in [-0.39, 0.29) is 5.78 Å². The Morgan fingerprint density at radius 1 is 1.47 bits per heavy atom. The summed E-state index contributed by atoms with van der Waals surface area (Å²) in [6.45, 7) is 1.89. The quantitative estimate of drug-likeness (QED) is 0.790. The lowest BCUT2D eigenvalue weighted by molar-refractivity contribution is 0.103. The predicted octanol–water partition coefficient (Wildman–Crippen LogP) is 3.45. The van der Waals surface area contributed by atoms with Gasteiger partial charge in [-0.1, -0.05) is 6.07 Å². The summed E-state index contributed by atoms with van der Waals surface area (Å²) < 4.78 is 0.836. The van der Waals surface area contributed by atoms with Crippen molar-refractivity contribution in [1.29, 1.82) is 0 Å². The molecule has 0 radical (unpaired) electrons. The third-order valence-electron chi connectivity index (χ3n) is 2.08. The maximum absolute atomic E-state index is 12.1. The molecule has 0 amide bonds. The molecule has 0 aliphatic heterocycles. The molecule has 0 spiro atoms. The van der Waals surface area contributed by atoms with Crippen LogP contribution in [0.15, 0.2) is 33.6 Å². The van der Waals surface area contributed by atoms with E-state index in [1.54, 1.807) is 6.20 Å². The second-order valence-electron chi connectivity index (χ2n) is 3.13. The number of thiophene rings is 1. The fourth-order valence-corrected chi connectivity index (χ4v) is 2.75. The first-order valence-electron chi connectivity index (χ1n) is 4.38. The number of rotatable bonds is 2. The monoisotopic (exact) mass is 281 g/mol. The van der Waals surface area contributed by atoms with Gasteiger partial charge in [0.15, 0.2) is 0 Å². The van der Waals surface area contributed by atoms with Gasteiger partial charge in [0, 0.05) is 27.0 Å². The van der Waals surface area contributed by atoms with Crippen LogP contribution < -0.4 is 0 Å². The Kier molecular flexibility index (Phi) is 2.98. The highest BCUT2D eigenvalue weighted by Crippen LogP contribution is 2.24. The summed E-state index contributed by atoms with van der Waals surface area (Å²) in [6, 6.07) is 3.72. The van der Waals surface area contributed by atoms with Crippen LogP contribution in [0.4, 0.5) is 0 Å². The number of halogens is 1. The number of hydrogen-bond donors (Lipinski definition) is 0. The molecule has 2 aromatic rings. The molecule has 0 aromatic carbocycles. The van der Waals surface area contributed by atoms with E-state index in [2.05, 4.69) is 20.9 Å². The Morgan fingerprint density at radius 2 is 2.27 bits per heavy atom. The SMILES string of the molecule is Cc1cccnc1C(=O)c1cscc1Br. The van der Waals surface area contributed by atoms with Gasteiger partial charge < -0.3 is 0 Å². The normalized spacial score (nSPS) is 10.3. The number of aryl methyl sites for hydroxylation is 1. The van der Waals surface area contributed by atoms with Crippen LogP contribution in [-0.4, -0.2) is 10.8 Å². The third kappa shape index (κ3) is 2.01. The second-order valence-corrected chi connectivity index (χ2v) is 4.73. The molecule has 2 aromatic heterocycles. The van der Waals surface area contributed by atoms with Crippen molar-refractivity contribution < 1.29 is 4.79 Å². The number of hydrogen-bond acceptors (Lipinski definition) is 3. The van der Waals surface area contributed by atoms with E-state index in [1.807, 2.05) is 29.8 Å². The highest BCUT2D eigenvalue weighted by atomic mass is 79.9. The Hall–Kier alpha value is -1.00. The fourth-order valence-electron chi connectivity index (χ4n) is 1.29. The molecule has 4 heteroatoms. The molecule has 15 heavy (non-hydrogen) atoms. The molecule has 0 unspecified atom stereocenters. The van der Waals surface area contributed by atoms with E-state index in [1.165, 1.54) is 11.3 Å². The van der Waals surface area contributed by atoms with E-state index in [0.717, 1.165) is 10.0 Å². The minimum absolute atomic E-state index is 0.0266. The Bertz CT molecular complexity index is 507. The van der Waals surface area contributed by atoms with Gasteiger partial charge in [0.2, 0.25) is 5.78 Å². The highest BCUT2D eigenvalue weighted by Gasteiger charge is 2.16. The largest absolute Gasteiger partial charge is 0.287 e.